The molecule has 11 heavy (non-hydrogen) atoms. The Bertz CT molecular complexity index is 73.5. The summed E-state index contributed by atoms with van der Waals surface area (Å²) in [5.41, 5.74) is 0. The number of hydrogen-bond acceptors (Lipinski definition) is 3. The third-order valence-electron chi connectivity index (χ3n) is 0.421. The Kier molecular flexibility index (Phi) is 9.61. The Morgan fingerprint density at radius 2 is 1.36 bits per heavy atom. The highest BCUT2D eigenvalue weighted by Gasteiger charge is 2.07. The predicted octanol–water partition coefficient (Wildman–Crippen LogP) is 0.708. The minimum absolute atomic E-state index is 0.365. The lowest BCUT2D eigenvalue weighted by Gasteiger charge is -1.96. The third kappa shape index (κ3) is 36.5. The topological polar surface area (TPSA) is 60.7 Å². The van der Waals surface area contributed by atoms with Gasteiger partial charge in [0, 0.05) is 0 Å². The zero-order valence-electron chi connectivity index (χ0n) is 5.97. The molecule has 0 atom stereocenters. The van der Waals surface area contributed by atoms with Crippen LogP contribution in [0.1, 0.15) is 6.92 Å². The summed E-state index contributed by atoms with van der Waals surface area (Å²) in [5, 5.41) is 24.0. The first kappa shape index (κ1) is 14.3. The van der Waals surface area contributed by atoms with Crippen LogP contribution in [0, 0.1) is 0 Å². The normalized spacial score (nSPS) is 10.9. The van der Waals surface area contributed by atoms with Gasteiger partial charge in [0.2, 0.25) is 0 Å². The van der Waals surface area contributed by atoms with E-state index < -0.39 is 9.90 Å². The van der Waals surface area contributed by atoms with E-state index in [-0.39, 0.29) is 13.2 Å². The van der Waals surface area contributed by atoms with E-state index in [0.29, 0.717) is 0 Å². The maximum atomic E-state index is 8.17. The van der Waals surface area contributed by atoms with Gasteiger partial charge >= 0.3 is 0 Å². The molecule has 0 aromatic carbocycles. The molecular formula is C5H11Cl3O3. The van der Waals surface area contributed by atoms with Gasteiger partial charge in [-0.05, 0) is 6.92 Å². The fourth-order valence-corrected chi connectivity index (χ4v) is 0.0577. The number of aliphatic hydroxyl groups is 3. The highest BCUT2D eigenvalue weighted by atomic mass is 35.6. The van der Waals surface area contributed by atoms with Gasteiger partial charge in [0.25, 0.3) is 0 Å². The summed E-state index contributed by atoms with van der Waals surface area (Å²) < 4.78 is -1.08. The average molecular weight is 225 g/mol. The molecule has 0 aliphatic rings. The average Bonchev–Trinajstić information content (AvgIpc) is 1.83. The van der Waals surface area contributed by atoms with Gasteiger partial charge in [-0.2, -0.15) is 0 Å². The highest BCUT2D eigenvalue weighted by Crippen LogP contribution is 2.23. The molecule has 0 aliphatic carbocycles. The lowest BCUT2D eigenvalue weighted by Crippen LogP contribution is -2.15. The highest BCUT2D eigenvalue weighted by molar-refractivity contribution is 6.67. The molecule has 70 valence electrons. The van der Waals surface area contributed by atoms with Crippen LogP contribution in [0.15, 0.2) is 0 Å². The Morgan fingerprint density at radius 3 is 1.36 bits per heavy atom. The van der Waals surface area contributed by atoms with Gasteiger partial charge in [0.1, 0.15) is 6.10 Å². The first-order valence-corrected chi connectivity index (χ1v) is 3.91. The second-order valence-corrected chi connectivity index (χ2v) is 4.65. The molecule has 0 aliphatic heterocycles. The Hall–Kier alpha value is 0.750. The van der Waals surface area contributed by atoms with E-state index in [1.54, 1.807) is 0 Å². The molecule has 0 radical (unpaired) electrons. The van der Waals surface area contributed by atoms with Crippen molar-refractivity contribution in [3.8, 4) is 0 Å². The molecule has 0 unspecified atom stereocenters. The van der Waals surface area contributed by atoms with E-state index >= 15 is 0 Å². The van der Waals surface area contributed by atoms with Gasteiger partial charge in [0.05, 0.1) is 13.2 Å². The van der Waals surface area contributed by atoms with Gasteiger partial charge in [-0.25, -0.2) is 0 Å². The fourth-order valence-electron chi connectivity index (χ4n) is 0.0577. The molecule has 0 saturated heterocycles. The van der Waals surface area contributed by atoms with E-state index in [1.807, 2.05) is 0 Å². The minimum atomic E-state index is -1.08. The number of halogens is 3. The van der Waals surface area contributed by atoms with Crippen molar-refractivity contribution in [2.75, 3.05) is 13.2 Å². The predicted molar refractivity (Wildman–Crippen MR) is 46.1 cm³/mol. The zero-order chi connectivity index (χ0) is 9.49. The molecule has 0 saturated carbocycles. The largest absolute Gasteiger partial charge is 0.394 e. The molecule has 0 spiro atoms. The molecule has 0 heterocycles. The molecule has 6 heteroatoms. The molecule has 0 aromatic rings. The van der Waals surface area contributed by atoms with Crippen LogP contribution in [0.4, 0.5) is 0 Å². The maximum Gasteiger partial charge on any atom is 0.187 e. The lowest BCUT2D eigenvalue weighted by molar-refractivity contribution is 0.0450. The number of hydrogen-bond donors (Lipinski definition) is 3. The molecule has 0 fully saturated rings. The van der Waals surface area contributed by atoms with Crippen LogP contribution in [-0.2, 0) is 0 Å². The number of aliphatic hydroxyl groups excluding tert-OH is 3. The van der Waals surface area contributed by atoms with Gasteiger partial charge in [0.15, 0.2) is 3.79 Å². The molecule has 3 N–H and O–H groups in total. The van der Waals surface area contributed by atoms with Crippen molar-refractivity contribution in [3.05, 3.63) is 0 Å². The third-order valence-corrected chi connectivity index (χ3v) is 0.421. The summed E-state index contributed by atoms with van der Waals surface area (Å²) in [7, 11) is 0. The van der Waals surface area contributed by atoms with Crippen molar-refractivity contribution in [1.82, 2.24) is 0 Å². The lowest BCUT2D eigenvalue weighted by atomic mass is 10.4. The number of rotatable bonds is 2. The summed E-state index contributed by atoms with van der Waals surface area (Å²) >= 11 is 15.2. The van der Waals surface area contributed by atoms with Crippen LogP contribution in [0.25, 0.3) is 0 Å². The quantitative estimate of drug-likeness (QED) is 0.607. The van der Waals surface area contributed by atoms with Crippen molar-refractivity contribution >= 4 is 34.8 Å². The van der Waals surface area contributed by atoms with Gasteiger partial charge < -0.3 is 15.3 Å². The van der Waals surface area contributed by atoms with Crippen molar-refractivity contribution in [1.29, 1.82) is 0 Å². The second kappa shape index (κ2) is 7.40. The van der Waals surface area contributed by atoms with E-state index in [4.69, 9.17) is 50.1 Å². The minimum Gasteiger partial charge on any atom is -0.394 e. The molecule has 0 aromatic heterocycles. The van der Waals surface area contributed by atoms with E-state index in [0.717, 1.165) is 0 Å². The summed E-state index contributed by atoms with van der Waals surface area (Å²) in [5.74, 6) is 0. The Labute approximate surface area is 80.5 Å². The number of alkyl halides is 3. The molecule has 3 nitrogen and oxygen atoms in total. The summed E-state index contributed by atoms with van der Waals surface area (Å²) in [4.78, 5) is 0. The first-order valence-electron chi connectivity index (χ1n) is 2.77. The smallest absolute Gasteiger partial charge is 0.187 e. The van der Waals surface area contributed by atoms with Crippen LogP contribution in [0.3, 0.4) is 0 Å². The Balaban J connectivity index is 0. The Morgan fingerprint density at radius 1 is 1.18 bits per heavy atom. The molecule has 0 amide bonds. The molecular weight excluding hydrogens is 214 g/mol. The van der Waals surface area contributed by atoms with Crippen LogP contribution in [0.2, 0.25) is 0 Å². The van der Waals surface area contributed by atoms with Crippen molar-refractivity contribution in [3.63, 3.8) is 0 Å². The van der Waals surface area contributed by atoms with Crippen molar-refractivity contribution in [2.24, 2.45) is 0 Å². The van der Waals surface area contributed by atoms with Crippen LogP contribution >= 0.6 is 34.8 Å². The molecule has 0 bridgehead atoms. The van der Waals surface area contributed by atoms with Crippen LogP contribution in [-0.4, -0.2) is 38.4 Å². The SMILES string of the molecule is CC(Cl)(Cl)Cl.OCC(O)CO. The summed E-state index contributed by atoms with van der Waals surface area (Å²) in [6.45, 7) is 0.755. The van der Waals surface area contributed by atoms with Crippen molar-refractivity contribution in [2.45, 2.75) is 16.8 Å². The van der Waals surface area contributed by atoms with Crippen molar-refractivity contribution < 1.29 is 15.3 Å². The monoisotopic (exact) mass is 224 g/mol. The maximum absolute atomic E-state index is 8.17. The zero-order valence-corrected chi connectivity index (χ0v) is 8.23. The first-order chi connectivity index (χ1) is 4.81. The van der Waals surface area contributed by atoms with Gasteiger partial charge in [-0.1, -0.05) is 34.8 Å². The van der Waals surface area contributed by atoms with E-state index in [1.165, 1.54) is 6.92 Å². The van der Waals surface area contributed by atoms with E-state index in [2.05, 4.69) is 0 Å². The summed E-state index contributed by atoms with van der Waals surface area (Å²) in [6, 6.07) is 0. The van der Waals surface area contributed by atoms with Crippen LogP contribution < -0.4 is 0 Å². The summed E-state index contributed by atoms with van der Waals surface area (Å²) in [6.07, 6.45) is -0.954. The van der Waals surface area contributed by atoms with Gasteiger partial charge in [-0.3, -0.25) is 0 Å². The standard InChI is InChI=1S/C3H8O3.C2H3Cl3/c4-1-3(6)2-5;1-2(3,4)5/h3-6H,1-2H2;1H3. The molecule has 0 rings (SSSR count). The van der Waals surface area contributed by atoms with Gasteiger partial charge in [-0.15, -0.1) is 0 Å². The fraction of sp³-hybridized carbons (Fsp3) is 1.00. The van der Waals surface area contributed by atoms with E-state index in [9.17, 15) is 0 Å². The van der Waals surface area contributed by atoms with Crippen LogP contribution in [0.5, 0.6) is 0 Å². The second-order valence-electron chi connectivity index (χ2n) is 1.80.